The highest BCUT2D eigenvalue weighted by Gasteiger charge is 2.20. The molecule has 0 unspecified atom stereocenters. The lowest BCUT2D eigenvalue weighted by molar-refractivity contribution is 0.415. The van der Waals surface area contributed by atoms with E-state index in [0.29, 0.717) is 11.6 Å². The van der Waals surface area contributed by atoms with Crippen molar-refractivity contribution in [1.29, 1.82) is 0 Å². The number of aryl methyl sites for hydroxylation is 2. The second-order valence-electron chi connectivity index (χ2n) is 7.30. The number of methoxy groups -OCH3 is 1. The van der Waals surface area contributed by atoms with Gasteiger partial charge in [0.25, 0.3) is 0 Å². The van der Waals surface area contributed by atoms with Crippen LogP contribution in [0.5, 0.6) is 5.75 Å². The van der Waals surface area contributed by atoms with Crippen molar-refractivity contribution in [1.82, 2.24) is 24.7 Å². The Bertz CT molecular complexity index is 1210. The third-order valence-electron chi connectivity index (χ3n) is 5.40. The minimum absolute atomic E-state index is 0.595. The van der Waals surface area contributed by atoms with Crippen molar-refractivity contribution < 1.29 is 4.74 Å². The van der Waals surface area contributed by atoms with Crippen LogP contribution in [-0.4, -0.2) is 31.8 Å². The molecule has 154 valence electrons. The first-order valence-corrected chi connectivity index (χ1v) is 11.7. The third-order valence-corrected chi connectivity index (χ3v) is 7.60. The van der Waals surface area contributed by atoms with Crippen LogP contribution in [0.1, 0.15) is 29.1 Å². The van der Waals surface area contributed by atoms with E-state index in [-0.39, 0.29) is 0 Å². The van der Waals surface area contributed by atoms with Crippen LogP contribution in [-0.2, 0) is 25.6 Å². The van der Waals surface area contributed by atoms with Gasteiger partial charge in [-0.1, -0.05) is 11.8 Å². The van der Waals surface area contributed by atoms with Crippen molar-refractivity contribution in [2.24, 2.45) is 7.05 Å². The van der Waals surface area contributed by atoms with E-state index in [1.54, 1.807) is 30.2 Å². The number of thiophene rings is 1. The molecule has 0 fully saturated rings. The molecular weight excluding hydrogens is 416 g/mol. The molecule has 3 heterocycles. The van der Waals surface area contributed by atoms with Crippen molar-refractivity contribution in [2.75, 3.05) is 12.8 Å². The Morgan fingerprint density at radius 1 is 1.13 bits per heavy atom. The fraction of sp³-hybridized carbons (Fsp3) is 0.333. The minimum Gasteiger partial charge on any atom is -0.497 e. The van der Waals surface area contributed by atoms with Crippen LogP contribution in [0.2, 0.25) is 0 Å². The number of rotatable bonds is 5. The van der Waals surface area contributed by atoms with Crippen LogP contribution in [0.4, 0.5) is 5.82 Å². The molecule has 7 nitrogen and oxygen atoms in total. The summed E-state index contributed by atoms with van der Waals surface area (Å²) in [6.45, 7) is 0. The third kappa shape index (κ3) is 3.41. The van der Waals surface area contributed by atoms with Crippen molar-refractivity contribution in [3.8, 4) is 17.1 Å². The number of hydrogen-bond donors (Lipinski definition) is 1. The van der Waals surface area contributed by atoms with Crippen molar-refractivity contribution in [3.63, 3.8) is 0 Å². The quantitative estimate of drug-likeness (QED) is 0.466. The number of aromatic nitrogens is 5. The van der Waals surface area contributed by atoms with Gasteiger partial charge in [0.15, 0.2) is 11.0 Å². The molecule has 1 aromatic carbocycles. The summed E-state index contributed by atoms with van der Waals surface area (Å²) in [6.07, 6.45) is 4.69. The number of ether oxygens (including phenoxy) is 1. The van der Waals surface area contributed by atoms with Gasteiger partial charge < -0.3 is 15.0 Å². The lowest BCUT2D eigenvalue weighted by Gasteiger charge is -2.10. The number of nitrogens with zero attached hydrogens (tertiary/aromatic N) is 5. The summed E-state index contributed by atoms with van der Waals surface area (Å²) in [5, 5.41) is 10.6. The van der Waals surface area contributed by atoms with Crippen LogP contribution in [0, 0.1) is 0 Å². The van der Waals surface area contributed by atoms with Crippen LogP contribution in [0.3, 0.4) is 0 Å². The second-order valence-corrected chi connectivity index (χ2v) is 9.32. The first-order valence-electron chi connectivity index (χ1n) is 9.87. The number of hydrogen-bond acceptors (Lipinski definition) is 8. The minimum atomic E-state index is 0.595. The van der Waals surface area contributed by atoms with Gasteiger partial charge in [0.1, 0.15) is 22.2 Å². The summed E-state index contributed by atoms with van der Waals surface area (Å²) in [6, 6.07) is 7.80. The Kier molecular flexibility index (Phi) is 5.08. The molecule has 4 aromatic rings. The van der Waals surface area contributed by atoms with E-state index in [9.17, 15) is 0 Å². The van der Waals surface area contributed by atoms with E-state index in [1.165, 1.54) is 23.3 Å². The summed E-state index contributed by atoms with van der Waals surface area (Å²) in [7, 11) is 3.62. The van der Waals surface area contributed by atoms with E-state index < -0.39 is 0 Å². The van der Waals surface area contributed by atoms with E-state index >= 15 is 0 Å². The molecule has 0 radical (unpaired) electrons. The SMILES string of the molecule is COc1ccc(-c2nnc(SCc3nc(N)c4c5c(sc4n3)CCCC5)n2C)cc1. The largest absolute Gasteiger partial charge is 0.497 e. The molecule has 2 N–H and O–H groups in total. The molecular formula is C21H22N6OS2. The monoisotopic (exact) mass is 438 g/mol. The number of nitrogen functional groups attached to an aromatic ring is 1. The highest BCUT2D eigenvalue weighted by molar-refractivity contribution is 7.98. The molecule has 5 rings (SSSR count). The van der Waals surface area contributed by atoms with Crippen LogP contribution in [0.15, 0.2) is 29.4 Å². The zero-order chi connectivity index (χ0) is 20.7. The molecule has 30 heavy (non-hydrogen) atoms. The van der Waals surface area contributed by atoms with E-state index in [0.717, 1.165) is 51.2 Å². The number of fused-ring (bicyclic) bond motifs is 3. The molecule has 1 aliphatic carbocycles. The first kappa shape index (κ1) is 19.3. The van der Waals surface area contributed by atoms with E-state index in [2.05, 4.69) is 15.2 Å². The number of benzene rings is 1. The Labute approximate surface area is 182 Å². The van der Waals surface area contributed by atoms with Crippen molar-refractivity contribution >= 4 is 39.1 Å². The van der Waals surface area contributed by atoms with Gasteiger partial charge in [-0.15, -0.1) is 21.5 Å². The standard InChI is InChI=1S/C21H22N6OS2/c1-27-19(12-7-9-13(28-2)10-8-12)25-26-21(27)29-11-16-23-18(22)17-14-5-3-4-6-15(14)30-20(17)24-16/h7-10H,3-6,11H2,1-2H3,(H2,22,23,24). The molecule has 0 saturated heterocycles. The van der Waals surface area contributed by atoms with Gasteiger partial charge in [-0.2, -0.15) is 0 Å². The van der Waals surface area contributed by atoms with Crippen LogP contribution >= 0.6 is 23.1 Å². The highest BCUT2D eigenvalue weighted by Crippen LogP contribution is 2.38. The maximum Gasteiger partial charge on any atom is 0.191 e. The second kappa shape index (κ2) is 7.88. The number of anilines is 1. The van der Waals surface area contributed by atoms with E-state index in [1.807, 2.05) is 35.9 Å². The van der Waals surface area contributed by atoms with Gasteiger partial charge in [0.2, 0.25) is 0 Å². The van der Waals surface area contributed by atoms with Gasteiger partial charge in [-0.3, -0.25) is 0 Å². The smallest absolute Gasteiger partial charge is 0.191 e. The molecule has 0 aliphatic heterocycles. The fourth-order valence-corrected chi connectivity index (χ4v) is 5.91. The number of nitrogens with two attached hydrogens (primary N) is 1. The summed E-state index contributed by atoms with van der Waals surface area (Å²) < 4.78 is 7.21. The first-order chi connectivity index (χ1) is 14.6. The summed E-state index contributed by atoms with van der Waals surface area (Å²) >= 11 is 3.34. The summed E-state index contributed by atoms with van der Waals surface area (Å²) in [5.74, 6) is 3.56. The lowest BCUT2D eigenvalue weighted by atomic mass is 9.97. The molecule has 0 atom stereocenters. The maximum absolute atomic E-state index is 6.33. The predicted molar refractivity (Wildman–Crippen MR) is 121 cm³/mol. The summed E-state index contributed by atoms with van der Waals surface area (Å²) in [5.41, 5.74) is 8.69. The summed E-state index contributed by atoms with van der Waals surface area (Å²) in [4.78, 5) is 11.8. The van der Waals surface area contributed by atoms with Crippen molar-refractivity contribution in [2.45, 2.75) is 36.6 Å². The fourth-order valence-electron chi connectivity index (χ4n) is 3.86. The van der Waals surface area contributed by atoms with Gasteiger partial charge in [0.05, 0.1) is 18.2 Å². The normalized spacial score (nSPS) is 13.5. The average Bonchev–Trinajstić information content (AvgIpc) is 3.32. The topological polar surface area (TPSA) is 91.7 Å². The number of thioether (sulfide) groups is 1. The Morgan fingerprint density at radius 2 is 1.93 bits per heavy atom. The predicted octanol–water partition coefficient (Wildman–Crippen LogP) is 4.25. The van der Waals surface area contributed by atoms with Gasteiger partial charge in [-0.05, 0) is 55.5 Å². The molecule has 3 aromatic heterocycles. The maximum atomic E-state index is 6.33. The molecule has 1 aliphatic rings. The van der Waals surface area contributed by atoms with Gasteiger partial charge in [0, 0.05) is 17.5 Å². The molecule has 0 amide bonds. The van der Waals surface area contributed by atoms with Gasteiger partial charge in [-0.25, -0.2) is 9.97 Å². The highest BCUT2D eigenvalue weighted by atomic mass is 32.2. The van der Waals surface area contributed by atoms with E-state index in [4.69, 9.17) is 15.5 Å². The van der Waals surface area contributed by atoms with Gasteiger partial charge >= 0.3 is 0 Å². The molecule has 0 saturated carbocycles. The van der Waals surface area contributed by atoms with Crippen LogP contribution in [0.25, 0.3) is 21.6 Å². The Hall–Kier alpha value is -2.65. The molecule has 0 bridgehead atoms. The molecule has 9 heteroatoms. The van der Waals surface area contributed by atoms with Crippen molar-refractivity contribution in [3.05, 3.63) is 40.5 Å². The zero-order valence-corrected chi connectivity index (χ0v) is 18.5. The zero-order valence-electron chi connectivity index (χ0n) is 16.9. The Morgan fingerprint density at radius 3 is 2.73 bits per heavy atom. The van der Waals surface area contributed by atoms with Crippen LogP contribution < -0.4 is 10.5 Å². The lowest BCUT2D eigenvalue weighted by Crippen LogP contribution is -2.03. The average molecular weight is 439 g/mol. The Balaban J connectivity index is 1.37. The molecule has 0 spiro atoms.